The molecular formula is C16H24N4O2. The van der Waals surface area contributed by atoms with Crippen LogP contribution in [0.4, 0.5) is 0 Å². The molecule has 1 aliphatic carbocycles. The van der Waals surface area contributed by atoms with Crippen LogP contribution >= 0.6 is 0 Å². The molecule has 2 fully saturated rings. The molecule has 2 amide bonds. The van der Waals surface area contributed by atoms with Gasteiger partial charge in [0.15, 0.2) is 0 Å². The van der Waals surface area contributed by atoms with Crippen molar-refractivity contribution >= 4 is 11.8 Å². The largest absolute Gasteiger partial charge is 0.350 e. The van der Waals surface area contributed by atoms with Crippen LogP contribution in [0.15, 0.2) is 12.5 Å². The van der Waals surface area contributed by atoms with Gasteiger partial charge in [0.25, 0.3) is 0 Å². The maximum absolute atomic E-state index is 12.3. The Morgan fingerprint density at radius 1 is 1.45 bits per heavy atom. The summed E-state index contributed by atoms with van der Waals surface area (Å²) in [5, 5.41) is 2.96. The van der Waals surface area contributed by atoms with Crippen LogP contribution in [0.3, 0.4) is 0 Å². The third-order valence-corrected chi connectivity index (χ3v) is 4.32. The third kappa shape index (κ3) is 3.31. The monoisotopic (exact) mass is 304 g/mol. The lowest BCUT2D eigenvalue weighted by atomic mass is 10.1. The van der Waals surface area contributed by atoms with Crippen molar-refractivity contribution in [3.05, 3.63) is 18.2 Å². The molecule has 1 N–H and O–H groups in total. The lowest BCUT2D eigenvalue weighted by Crippen LogP contribution is -2.33. The molecule has 1 saturated carbocycles. The number of amides is 2. The fourth-order valence-corrected chi connectivity index (χ4v) is 3.02. The van der Waals surface area contributed by atoms with Crippen LogP contribution in [0.25, 0.3) is 0 Å². The number of hydrogen-bond donors (Lipinski definition) is 1. The predicted molar refractivity (Wildman–Crippen MR) is 81.8 cm³/mol. The van der Waals surface area contributed by atoms with E-state index in [9.17, 15) is 9.59 Å². The normalized spacial score (nSPS) is 21.7. The average Bonchev–Trinajstić information content (AvgIpc) is 3.10. The van der Waals surface area contributed by atoms with Gasteiger partial charge in [-0.1, -0.05) is 13.8 Å². The number of hydrogen-bond acceptors (Lipinski definition) is 3. The Bertz CT molecular complexity index is 562. The molecule has 1 aliphatic heterocycles. The Hall–Kier alpha value is -1.85. The van der Waals surface area contributed by atoms with Crippen molar-refractivity contribution in [2.45, 2.75) is 52.2 Å². The minimum absolute atomic E-state index is 0.0196. The van der Waals surface area contributed by atoms with Crippen LogP contribution in [-0.2, 0) is 22.7 Å². The summed E-state index contributed by atoms with van der Waals surface area (Å²) >= 11 is 0. The topological polar surface area (TPSA) is 67.2 Å². The molecule has 1 atom stereocenters. The highest BCUT2D eigenvalue weighted by molar-refractivity contribution is 5.89. The average molecular weight is 304 g/mol. The summed E-state index contributed by atoms with van der Waals surface area (Å²) in [4.78, 5) is 30.2. The van der Waals surface area contributed by atoms with Gasteiger partial charge in [0, 0.05) is 31.7 Å². The number of nitrogens with zero attached hydrogens (tertiary/aromatic N) is 3. The molecule has 0 radical (unpaired) electrons. The molecule has 0 bridgehead atoms. The molecule has 1 unspecified atom stereocenters. The van der Waals surface area contributed by atoms with Gasteiger partial charge in [-0.3, -0.25) is 9.59 Å². The van der Waals surface area contributed by atoms with Crippen molar-refractivity contribution in [3.8, 4) is 0 Å². The number of imidazole rings is 1. The third-order valence-electron chi connectivity index (χ3n) is 4.32. The van der Waals surface area contributed by atoms with E-state index in [0.29, 0.717) is 31.5 Å². The molecule has 1 aromatic rings. The fraction of sp³-hybridized carbons (Fsp3) is 0.688. The number of rotatable bonds is 6. The zero-order valence-corrected chi connectivity index (χ0v) is 13.3. The molecule has 1 saturated heterocycles. The lowest BCUT2D eigenvalue weighted by molar-refractivity contribution is -0.129. The first-order valence-electron chi connectivity index (χ1n) is 8.10. The zero-order valence-electron chi connectivity index (χ0n) is 13.3. The van der Waals surface area contributed by atoms with Gasteiger partial charge >= 0.3 is 0 Å². The van der Waals surface area contributed by atoms with Gasteiger partial charge in [0.1, 0.15) is 0 Å². The maximum atomic E-state index is 12.3. The molecular weight excluding hydrogens is 280 g/mol. The predicted octanol–water partition coefficient (Wildman–Crippen LogP) is 1.17. The quantitative estimate of drug-likeness (QED) is 0.858. The highest BCUT2D eigenvalue weighted by Crippen LogP contribution is 2.32. The van der Waals surface area contributed by atoms with Gasteiger partial charge in [-0.25, -0.2) is 4.98 Å². The first-order valence-corrected chi connectivity index (χ1v) is 8.10. The van der Waals surface area contributed by atoms with E-state index < -0.39 is 0 Å². The minimum atomic E-state index is -0.199. The summed E-state index contributed by atoms with van der Waals surface area (Å²) < 4.78 is 2.07. The first kappa shape index (κ1) is 15.1. The molecule has 6 heteroatoms. The number of aromatic nitrogens is 2. The first-order chi connectivity index (χ1) is 10.5. The van der Waals surface area contributed by atoms with E-state index in [0.717, 1.165) is 25.1 Å². The Morgan fingerprint density at radius 2 is 2.23 bits per heavy atom. The zero-order chi connectivity index (χ0) is 15.7. The second-order valence-electron chi connectivity index (χ2n) is 6.83. The van der Waals surface area contributed by atoms with Crippen molar-refractivity contribution in [1.82, 2.24) is 19.8 Å². The number of likely N-dealkylation sites (tertiary alicyclic amines) is 1. The number of carbonyl (C=O) groups is 2. The van der Waals surface area contributed by atoms with Crippen LogP contribution in [0, 0.1) is 11.8 Å². The van der Waals surface area contributed by atoms with Gasteiger partial charge in [0.05, 0.1) is 24.5 Å². The standard InChI is InChI=1S/C16H24N4O2/c1-11(2)8-19-10-17-6-14(19)7-18-16(22)12-5-15(21)20(9-12)13-3-4-13/h6,10-13H,3-5,7-9H2,1-2H3,(H,18,22). The molecule has 6 nitrogen and oxygen atoms in total. The Balaban J connectivity index is 1.52. The van der Waals surface area contributed by atoms with Crippen LogP contribution in [0.5, 0.6) is 0 Å². The SMILES string of the molecule is CC(C)Cn1cncc1CNC(=O)C1CC(=O)N(C2CC2)C1. The van der Waals surface area contributed by atoms with Crippen LogP contribution in [0.1, 0.15) is 38.8 Å². The summed E-state index contributed by atoms with van der Waals surface area (Å²) in [5.74, 6) is 0.444. The van der Waals surface area contributed by atoms with Crippen molar-refractivity contribution in [3.63, 3.8) is 0 Å². The van der Waals surface area contributed by atoms with E-state index in [1.165, 1.54) is 0 Å². The second-order valence-corrected chi connectivity index (χ2v) is 6.83. The smallest absolute Gasteiger partial charge is 0.225 e. The van der Waals surface area contributed by atoms with E-state index in [2.05, 4.69) is 28.7 Å². The summed E-state index contributed by atoms with van der Waals surface area (Å²) in [6.45, 7) is 6.25. The molecule has 0 aromatic carbocycles. The van der Waals surface area contributed by atoms with E-state index in [-0.39, 0.29) is 17.7 Å². The van der Waals surface area contributed by atoms with Crippen molar-refractivity contribution < 1.29 is 9.59 Å². The number of nitrogens with one attached hydrogen (secondary N) is 1. The van der Waals surface area contributed by atoms with Crippen LogP contribution in [0.2, 0.25) is 0 Å². The summed E-state index contributed by atoms with van der Waals surface area (Å²) in [5.41, 5.74) is 1.01. The molecule has 120 valence electrons. The van der Waals surface area contributed by atoms with Gasteiger partial charge in [0.2, 0.25) is 11.8 Å². The van der Waals surface area contributed by atoms with Gasteiger partial charge < -0.3 is 14.8 Å². The van der Waals surface area contributed by atoms with E-state index in [1.807, 2.05) is 4.90 Å². The highest BCUT2D eigenvalue weighted by atomic mass is 16.2. The van der Waals surface area contributed by atoms with Crippen molar-refractivity contribution in [2.24, 2.45) is 11.8 Å². The van der Waals surface area contributed by atoms with E-state index in [4.69, 9.17) is 0 Å². The Morgan fingerprint density at radius 3 is 2.91 bits per heavy atom. The van der Waals surface area contributed by atoms with Crippen molar-refractivity contribution in [1.29, 1.82) is 0 Å². The second kappa shape index (κ2) is 6.10. The van der Waals surface area contributed by atoms with Gasteiger partial charge in [-0.2, -0.15) is 0 Å². The van der Waals surface area contributed by atoms with E-state index >= 15 is 0 Å². The molecule has 22 heavy (non-hydrogen) atoms. The molecule has 3 rings (SSSR count). The fourth-order valence-electron chi connectivity index (χ4n) is 3.02. The summed E-state index contributed by atoms with van der Waals surface area (Å²) in [6, 6.07) is 0.401. The lowest BCUT2D eigenvalue weighted by Gasteiger charge is -2.15. The highest BCUT2D eigenvalue weighted by Gasteiger charge is 2.41. The van der Waals surface area contributed by atoms with Gasteiger partial charge in [-0.05, 0) is 18.8 Å². The molecule has 2 aliphatic rings. The maximum Gasteiger partial charge on any atom is 0.225 e. The van der Waals surface area contributed by atoms with E-state index in [1.54, 1.807) is 12.5 Å². The van der Waals surface area contributed by atoms with Crippen LogP contribution in [-0.4, -0.2) is 38.9 Å². The molecule has 1 aromatic heterocycles. The Labute approximate surface area is 130 Å². The Kier molecular flexibility index (Phi) is 4.18. The number of carbonyl (C=O) groups excluding carboxylic acids is 2. The summed E-state index contributed by atoms with van der Waals surface area (Å²) in [6.07, 6.45) is 6.13. The summed E-state index contributed by atoms with van der Waals surface area (Å²) in [7, 11) is 0. The molecule has 0 spiro atoms. The van der Waals surface area contributed by atoms with Crippen molar-refractivity contribution in [2.75, 3.05) is 6.54 Å². The minimum Gasteiger partial charge on any atom is -0.350 e. The van der Waals surface area contributed by atoms with Gasteiger partial charge in [-0.15, -0.1) is 0 Å². The molecule has 2 heterocycles. The van der Waals surface area contributed by atoms with Crippen LogP contribution < -0.4 is 5.32 Å².